The minimum Gasteiger partial charge on any atom is -0.274 e. The third-order valence-electron chi connectivity index (χ3n) is 7.84. The van der Waals surface area contributed by atoms with Gasteiger partial charge < -0.3 is 0 Å². The van der Waals surface area contributed by atoms with Crippen LogP contribution in [0, 0.1) is 0 Å². The summed E-state index contributed by atoms with van der Waals surface area (Å²) in [7, 11) is -1.74. The molecule has 2 amide bonds. The van der Waals surface area contributed by atoms with Crippen LogP contribution in [-0.2, 0) is 0 Å². The molecule has 0 fully saturated rings. The summed E-state index contributed by atoms with van der Waals surface area (Å²) < 4.78 is 0. The van der Waals surface area contributed by atoms with Gasteiger partial charge in [0.1, 0.15) is 23.2 Å². The van der Waals surface area contributed by atoms with E-state index in [-0.39, 0.29) is 11.8 Å². The Balaban J connectivity index is 1.13. The zero-order chi connectivity index (χ0) is 26.9. The van der Waals surface area contributed by atoms with Crippen LogP contribution in [0.3, 0.4) is 0 Å². The van der Waals surface area contributed by atoms with Gasteiger partial charge in [0.2, 0.25) is 0 Å². The maximum Gasteiger partial charge on any atom is 0.261 e. The van der Waals surface area contributed by atoms with Crippen molar-refractivity contribution in [2.24, 2.45) is 0 Å². The van der Waals surface area contributed by atoms with Gasteiger partial charge in [0.15, 0.2) is 0 Å². The van der Waals surface area contributed by atoms with Gasteiger partial charge in [0.05, 0.1) is 17.3 Å². The standard InChI is InChI=1S/C35H37NO2P/c37-34-32-25-15-16-26-33(32)35(38)36(34)27-17-4-2-1-3-5-18-28-39(29-19-9-6-10-20-29,30-21-11-7-12-22-30)31-23-13-8-14-24-31/h6-16,19-26H,1-5,17-18,27-28H2/q+1. The van der Waals surface area contributed by atoms with Crippen LogP contribution in [0.25, 0.3) is 0 Å². The van der Waals surface area contributed by atoms with Crippen LogP contribution in [0.5, 0.6) is 0 Å². The Labute approximate surface area is 233 Å². The topological polar surface area (TPSA) is 37.4 Å². The molecule has 39 heavy (non-hydrogen) atoms. The van der Waals surface area contributed by atoms with Crippen molar-refractivity contribution in [3.05, 3.63) is 126 Å². The van der Waals surface area contributed by atoms with E-state index in [1.165, 1.54) is 52.7 Å². The molecule has 0 atom stereocenters. The first-order valence-corrected chi connectivity index (χ1v) is 16.2. The van der Waals surface area contributed by atoms with Gasteiger partial charge in [-0.1, -0.05) is 92.4 Å². The SMILES string of the molecule is O=C1c2ccccc2C(=O)N1CCCCCCCCC[P+](c1ccccc1)(c1ccccc1)c1ccccc1. The van der Waals surface area contributed by atoms with Gasteiger partial charge in [0.25, 0.3) is 11.8 Å². The second kappa shape index (κ2) is 13.0. The van der Waals surface area contributed by atoms with Gasteiger partial charge in [-0.3, -0.25) is 14.5 Å². The van der Waals surface area contributed by atoms with Crippen molar-refractivity contribution in [2.75, 3.05) is 12.7 Å². The molecule has 0 unspecified atom stereocenters. The van der Waals surface area contributed by atoms with E-state index in [0.29, 0.717) is 17.7 Å². The summed E-state index contributed by atoms with van der Waals surface area (Å²) in [5.74, 6) is -0.282. The number of carbonyl (C=O) groups is 2. The molecule has 4 heteroatoms. The molecule has 5 rings (SSSR count). The minimum absolute atomic E-state index is 0.141. The molecular formula is C35H37NO2P+. The van der Waals surface area contributed by atoms with Crippen LogP contribution in [0.1, 0.15) is 65.7 Å². The lowest BCUT2D eigenvalue weighted by Gasteiger charge is -2.27. The lowest BCUT2D eigenvalue weighted by atomic mass is 10.1. The molecule has 0 saturated carbocycles. The molecule has 0 radical (unpaired) electrons. The molecule has 0 aliphatic carbocycles. The van der Waals surface area contributed by atoms with E-state index in [1.54, 1.807) is 12.1 Å². The Morgan fingerprint density at radius 2 is 0.795 bits per heavy atom. The van der Waals surface area contributed by atoms with Gasteiger partial charge in [0, 0.05) is 6.54 Å². The first-order chi connectivity index (χ1) is 19.2. The Bertz CT molecular complexity index is 1240. The molecule has 0 bridgehead atoms. The summed E-state index contributed by atoms with van der Waals surface area (Å²) >= 11 is 0. The molecule has 1 aliphatic rings. The Morgan fingerprint density at radius 1 is 0.436 bits per heavy atom. The largest absolute Gasteiger partial charge is 0.274 e. The lowest BCUT2D eigenvalue weighted by molar-refractivity contribution is 0.0651. The highest BCUT2D eigenvalue weighted by Crippen LogP contribution is 2.56. The normalized spacial score (nSPS) is 13.1. The highest BCUT2D eigenvalue weighted by Gasteiger charge is 2.44. The molecule has 0 aromatic heterocycles. The van der Waals surface area contributed by atoms with E-state index >= 15 is 0 Å². The molecule has 1 heterocycles. The van der Waals surface area contributed by atoms with E-state index in [1.807, 2.05) is 12.1 Å². The molecule has 0 N–H and O–H groups in total. The molecular weight excluding hydrogens is 497 g/mol. The fraction of sp³-hybridized carbons (Fsp3) is 0.257. The zero-order valence-corrected chi connectivity index (χ0v) is 23.4. The first-order valence-electron chi connectivity index (χ1n) is 14.2. The summed E-state index contributed by atoms with van der Waals surface area (Å²) in [4.78, 5) is 26.5. The first kappa shape index (κ1) is 27.0. The number of carbonyl (C=O) groups excluding carboxylic acids is 2. The maximum atomic E-state index is 12.5. The van der Waals surface area contributed by atoms with Crippen molar-refractivity contribution in [2.45, 2.75) is 44.9 Å². The lowest BCUT2D eigenvalue weighted by Crippen LogP contribution is -2.33. The summed E-state index contributed by atoms with van der Waals surface area (Å²) in [5, 5.41) is 4.36. The fourth-order valence-corrected chi connectivity index (χ4v) is 10.2. The summed E-state index contributed by atoms with van der Waals surface area (Å²) in [5.41, 5.74) is 1.09. The molecule has 198 valence electrons. The van der Waals surface area contributed by atoms with Crippen molar-refractivity contribution in [1.29, 1.82) is 0 Å². The number of nitrogens with zero attached hydrogens (tertiary/aromatic N) is 1. The van der Waals surface area contributed by atoms with Crippen LogP contribution in [0.15, 0.2) is 115 Å². The Morgan fingerprint density at radius 3 is 1.23 bits per heavy atom. The van der Waals surface area contributed by atoms with E-state index in [4.69, 9.17) is 0 Å². The Kier molecular flexibility index (Phi) is 9.01. The maximum absolute atomic E-state index is 12.5. The van der Waals surface area contributed by atoms with E-state index in [9.17, 15) is 9.59 Å². The number of hydrogen-bond acceptors (Lipinski definition) is 2. The fourth-order valence-electron chi connectivity index (χ4n) is 5.83. The third kappa shape index (κ3) is 5.89. The molecule has 0 spiro atoms. The van der Waals surface area contributed by atoms with E-state index in [0.717, 1.165) is 19.3 Å². The van der Waals surface area contributed by atoms with Gasteiger partial charge >= 0.3 is 0 Å². The number of rotatable bonds is 13. The van der Waals surface area contributed by atoms with Gasteiger partial charge in [-0.25, -0.2) is 0 Å². The number of benzene rings is 4. The number of hydrogen-bond donors (Lipinski definition) is 0. The van der Waals surface area contributed by atoms with Crippen molar-refractivity contribution < 1.29 is 9.59 Å². The summed E-state index contributed by atoms with van der Waals surface area (Å²) in [6.45, 7) is 0.518. The minimum atomic E-state index is -1.74. The van der Waals surface area contributed by atoms with E-state index in [2.05, 4.69) is 91.0 Å². The molecule has 0 saturated heterocycles. The third-order valence-corrected chi connectivity index (χ3v) is 12.4. The predicted octanol–water partition coefficient (Wildman–Crippen LogP) is 7.01. The summed E-state index contributed by atoms with van der Waals surface area (Å²) in [6, 6.07) is 40.5. The summed E-state index contributed by atoms with van der Waals surface area (Å²) in [6.07, 6.45) is 9.04. The number of unbranched alkanes of at least 4 members (excludes halogenated alkanes) is 6. The van der Waals surface area contributed by atoms with Crippen molar-refractivity contribution >= 4 is 35.0 Å². The van der Waals surface area contributed by atoms with Gasteiger partial charge in [-0.15, -0.1) is 0 Å². The van der Waals surface area contributed by atoms with Crippen LogP contribution in [-0.4, -0.2) is 29.4 Å². The van der Waals surface area contributed by atoms with Crippen molar-refractivity contribution in [3.63, 3.8) is 0 Å². The number of fused-ring (bicyclic) bond motifs is 1. The second-order valence-corrected chi connectivity index (χ2v) is 13.9. The van der Waals surface area contributed by atoms with E-state index < -0.39 is 7.26 Å². The van der Waals surface area contributed by atoms with Crippen molar-refractivity contribution in [3.8, 4) is 0 Å². The van der Waals surface area contributed by atoms with Crippen LogP contribution >= 0.6 is 7.26 Å². The number of amides is 2. The van der Waals surface area contributed by atoms with Crippen LogP contribution in [0.2, 0.25) is 0 Å². The smallest absolute Gasteiger partial charge is 0.261 e. The van der Waals surface area contributed by atoms with Gasteiger partial charge in [-0.2, -0.15) is 0 Å². The molecule has 1 aliphatic heterocycles. The molecule has 4 aromatic rings. The van der Waals surface area contributed by atoms with Crippen LogP contribution in [0.4, 0.5) is 0 Å². The predicted molar refractivity (Wildman–Crippen MR) is 164 cm³/mol. The zero-order valence-electron chi connectivity index (χ0n) is 22.5. The average Bonchev–Trinajstić information content (AvgIpc) is 3.24. The highest BCUT2D eigenvalue weighted by atomic mass is 31.2. The van der Waals surface area contributed by atoms with Crippen molar-refractivity contribution in [1.82, 2.24) is 4.90 Å². The monoisotopic (exact) mass is 534 g/mol. The average molecular weight is 535 g/mol. The Hall–Kier alpha value is -3.55. The second-order valence-electron chi connectivity index (χ2n) is 10.3. The van der Waals surface area contributed by atoms with Gasteiger partial charge in [-0.05, 0) is 67.8 Å². The highest BCUT2D eigenvalue weighted by molar-refractivity contribution is 7.95. The molecule has 4 aromatic carbocycles. The number of imide groups is 1. The molecule has 3 nitrogen and oxygen atoms in total. The van der Waals surface area contributed by atoms with Crippen LogP contribution < -0.4 is 15.9 Å². The quantitative estimate of drug-likeness (QED) is 0.105.